The molecule has 2 aromatic rings. The van der Waals surface area contributed by atoms with Crippen LogP contribution in [0.1, 0.15) is 17.6 Å². The van der Waals surface area contributed by atoms with Gasteiger partial charge in [0.15, 0.2) is 0 Å². The highest BCUT2D eigenvalue weighted by Crippen LogP contribution is 2.17. The molecule has 2 rings (SSSR count). The van der Waals surface area contributed by atoms with Crippen LogP contribution in [0.15, 0.2) is 29.6 Å². The monoisotopic (exact) mass is 335 g/mol. The van der Waals surface area contributed by atoms with Crippen LogP contribution in [0.4, 0.5) is 5.69 Å². The highest BCUT2D eigenvalue weighted by atomic mass is 32.1. The van der Waals surface area contributed by atoms with Crippen molar-refractivity contribution in [2.24, 2.45) is 0 Å². The van der Waals surface area contributed by atoms with Crippen molar-refractivity contribution in [2.45, 2.75) is 26.0 Å². The molecular weight excluding hydrogens is 310 g/mol. The quantitative estimate of drug-likeness (QED) is 0.738. The minimum Gasteiger partial charge on any atom is -0.491 e. The molecule has 0 fully saturated rings. The molecule has 0 aliphatic carbocycles. The van der Waals surface area contributed by atoms with E-state index in [9.17, 15) is 5.11 Å². The molecule has 0 radical (unpaired) electrons. The molecule has 1 unspecified atom stereocenters. The molecular formula is C17H25N3O2S. The zero-order chi connectivity index (χ0) is 16.7. The van der Waals surface area contributed by atoms with Gasteiger partial charge >= 0.3 is 0 Å². The lowest BCUT2D eigenvalue weighted by Crippen LogP contribution is -2.30. The third-order valence-electron chi connectivity index (χ3n) is 3.25. The Morgan fingerprint density at radius 2 is 2.04 bits per heavy atom. The maximum atomic E-state index is 9.78. The molecule has 0 amide bonds. The standard InChI is InChI=1S/C17H25N3O2S/c1-4-17-19-14(12-23-17)9-18-13-5-7-16(8-6-13)22-11-15(21)10-20(2)3/h5-8,12,15,18,21H,4,9-11H2,1-3H3. The fraction of sp³-hybridized carbons (Fsp3) is 0.471. The van der Waals surface area contributed by atoms with Gasteiger partial charge in [-0.2, -0.15) is 0 Å². The molecule has 0 saturated carbocycles. The Morgan fingerprint density at radius 3 is 2.65 bits per heavy atom. The Morgan fingerprint density at radius 1 is 1.30 bits per heavy atom. The van der Waals surface area contributed by atoms with Crippen LogP contribution in [-0.4, -0.2) is 48.3 Å². The molecule has 5 nitrogen and oxygen atoms in total. The van der Waals surface area contributed by atoms with E-state index in [1.807, 2.05) is 43.3 Å². The van der Waals surface area contributed by atoms with E-state index in [0.717, 1.165) is 30.1 Å². The first-order valence-corrected chi connectivity index (χ1v) is 8.67. The van der Waals surface area contributed by atoms with Crippen LogP contribution in [0.25, 0.3) is 0 Å². The van der Waals surface area contributed by atoms with Gasteiger partial charge in [0.1, 0.15) is 18.5 Å². The average molecular weight is 335 g/mol. The molecule has 23 heavy (non-hydrogen) atoms. The molecule has 1 aromatic heterocycles. The molecule has 0 bridgehead atoms. The van der Waals surface area contributed by atoms with Gasteiger partial charge in [-0.3, -0.25) is 0 Å². The first-order valence-electron chi connectivity index (χ1n) is 7.79. The molecule has 1 aromatic carbocycles. The summed E-state index contributed by atoms with van der Waals surface area (Å²) in [5.74, 6) is 0.760. The van der Waals surface area contributed by atoms with E-state index >= 15 is 0 Å². The lowest BCUT2D eigenvalue weighted by Gasteiger charge is -2.16. The summed E-state index contributed by atoms with van der Waals surface area (Å²) in [4.78, 5) is 6.47. The SMILES string of the molecule is CCc1nc(CNc2ccc(OCC(O)CN(C)C)cc2)cs1. The van der Waals surface area contributed by atoms with Crippen LogP contribution in [-0.2, 0) is 13.0 Å². The molecule has 0 spiro atoms. The molecule has 126 valence electrons. The number of aliphatic hydroxyl groups is 1. The first-order chi connectivity index (χ1) is 11.1. The number of aromatic nitrogens is 1. The second-order valence-corrected chi connectivity index (χ2v) is 6.63. The van der Waals surface area contributed by atoms with Crippen molar-refractivity contribution in [3.63, 3.8) is 0 Å². The first kappa shape index (κ1) is 17.7. The van der Waals surface area contributed by atoms with E-state index in [1.54, 1.807) is 11.3 Å². The number of aliphatic hydroxyl groups excluding tert-OH is 1. The van der Waals surface area contributed by atoms with Gasteiger partial charge in [0.2, 0.25) is 0 Å². The number of thiazole rings is 1. The van der Waals surface area contributed by atoms with Crippen molar-refractivity contribution in [2.75, 3.05) is 32.6 Å². The topological polar surface area (TPSA) is 57.6 Å². The summed E-state index contributed by atoms with van der Waals surface area (Å²) in [6, 6.07) is 7.76. The molecule has 0 aliphatic heterocycles. The van der Waals surface area contributed by atoms with E-state index < -0.39 is 6.10 Å². The van der Waals surface area contributed by atoms with E-state index in [-0.39, 0.29) is 0 Å². The maximum Gasteiger partial charge on any atom is 0.119 e. The summed E-state index contributed by atoms with van der Waals surface area (Å²) in [6.45, 7) is 3.72. The van der Waals surface area contributed by atoms with Crippen molar-refractivity contribution in [3.8, 4) is 5.75 Å². The molecule has 2 N–H and O–H groups in total. The van der Waals surface area contributed by atoms with Crippen LogP contribution < -0.4 is 10.1 Å². The van der Waals surface area contributed by atoms with Gasteiger partial charge in [-0.15, -0.1) is 11.3 Å². The minimum absolute atomic E-state index is 0.295. The van der Waals surface area contributed by atoms with E-state index in [1.165, 1.54) is 5.01 Å². The van der Waals surface area contributed by atoms with Crippen LogP contribution >= 0.6 is 11.3 Å². The number of ether oxygens (including phenoxy) is 1. The molecule has 0 saturated heterocycles. The molecule has 1 heterocycles. The second kappa shape index (κ2) is 8.86. The van der Waals surface area contributed by atoms with Crippen LogP contribution in [0.3, 0.4) is 0 Å². The summed E-state index contributed by atoms with van der Waals surface area (Å²) in [5.41, 5.74) is 2.09. The number of benzene rings is 1. The summed E-state index contributed by atoms with van der Waals surface area (Å²) in [6.07, 6.45) is 0.497. The number of nitrogens with zero attached hydrogens (tertiary/aromatic N) is 2. The highest BCUT2D eigenvalue weighted by molar-refractivity contribution is 7.09. The van der Waals surface area contributed by atoms with Crippen LogP contribution in [0, 0.1) is 0 Å². The lowest BCUT2D eigenvalue weighted by atomic mass is 10.3. The van der Waals surface area contributed by atoms with Gasteiger partial charge < -0.3 is 20.1 Å². The van der Waals surface area contributed by atoms with Crippen molar-refractivity contribution in [3.05, 3.63) is 40.3 Å². The van der Waals surface area contributed by atoms with Gasteiger partial charge in [-0.1, -0.05) is 6.92 Å². The van der Waals surface area contributed by atoms with Crippen molar-refractivity contribution >= 4 is 17.0 Å². The summed E-state index contributed by atoms with van der Waals surface area (Å²) in [7, 11) is 3.85. The van der Waals surface area contributed by atoms with E-state index in [4.69, 9.17) is 4.74 Å². The number of hydrogen-bond acceptors (Lipinski definition) is 6. The number of rotatable bonds is 9. The number of nitrogens with one attached hydrogen (secondary N) is 1. The third-order valence-corrected chi connectivity index (χ3v) is 4.29. The third kappa shape index (κ3) is 6.17. The van der Waals surface area contributed by atoms with Gasteiger partial charge in [-0.25, -0.2) is 4.98 Å². The smallest absolute Gasteiger partial charge is 0.119 e. The minimum atomic E-state index is -0.486. The van der Waals surface area contributed by atoms with Gasteiger partial charge in [0, 0.05) is 17.6 Å². The molecule has 6 heteroatoms. The van der Waals surface area contributed by atoms with E-state index in [0.29, 0.717) is 13.2 Å². The van der Waals surface area contributed by atoms with Crippen LogP contribution in [0.2, 0.25) is 0 Å². The average Bonchev–Trinajstić information content (AvgIpc) is 2.99. The Balaban J connectivity index is 1.77. The Kier molecular flexibility index (Phi) is 6.83. The Labute approximate surface area is 141 Å². The normalized spacial score (nSPS) is 12.4. The molecule has 0 aliphatic rings. The maximum absolute atomic E-state index is 9.78. The lowest BCUT2D eigenvalue weighted by molar-refractivity contribution is 0.0831. The Hall–Kier alpha value is -1.63. The van der Waals surface area contributed by atoms with Crippen molar-refractivity contribution < 1.29 is 9.84 Å². The molecule has 1 atom stereocenters. The Bertz CT molecular complexity index is 584. The van der Waals surface area contributed by atoms with Gasteiger partial charge in [-0.05, 0) is 44.8 Å². The number of aryl methyl sites for hydroxylation is 1. The zero-order valence-corrected chi connectivity index (χ0v) is 14.8. The van der Waals surface area contributed by atoms with Gasteiger partial charge in [0.05, 0.1) is 17.2 Å². The fourth-order valence-electron chi connectivity index (χ4n) is 2.12. The van der Waals surface area contributed by atoms with Crippen molar-refractivity contribution in [1.82, 2.24) is 9.88 Å². The second-order valence-electron chi connectivity index (χ2n) is 5.69. The highest BCUT2D eigenvalue weighted by Gasteiger charge is 2.06. The largest absolute Gasteiger partial charge is 0.491 e. The summed E-state index contributed by atoms with van der Waals surface area (Å²) < 4.78 is 5.59. The summed E-state index contributed by atoms with van der Waals surface area (Å²) >= 11 is 1.70. The predicted molar refractivity (Wildman–Crippen MR) is 95.3 cm³/mol. The van der Waals surface area contributed by atoms with Crippen molar-refractivity contribution in [1.29, 1.82) is 0 Å². The predicted octanol–water partition coefficient (Wildman–Crippen LogP) is 2.62. The number of hydrogen-bond donors (Lipinski definition) is 2. The summed E-state index contributed by atoms with van der Waals surface area (Å²) in [5, 5.41) is 16.4. The fourth-order valence-corrected chi connectivity index (χ4v) is 2.87. The van der Waals surface area contributed by atoms with Gasteiger partial charge in [0.25, 0.3) is 0 Å². The number of likely N-dealkylation sites (N-methyl/N-ethyl adjacent to an activating group) is 1. The number of anilines is 1. The zero-order valence-electron chi connectivity index (χ0n) is 14.0. The van der Waals surface area contributed by atoms with Crippen LogP contribution in [0.5, 0.6) is 5.75 Å². The van der Waals surface area contributed by atoms with E-state index in [2.05, 4.69) is 22.6 Å².